The first-order valence-electron chi connectivity index (χ1n) is 7.85. The van der Waals surface area contributed by atoms with E-state index in [1.165, 1.54) is 16.7 Å². The molecule has 1 heteroatoms. The summed E-state index contributed by atoms with van der Waals surface area (Å²) in [7, 11) is 0. The monoisotopic (exact) mass is 294 g/mol. The van der Waals surface area contributed by atoms with Gasteiger partial charge >= 0.3 is 0 Å². The predicted molar refractivity (Wildman–Crippen MR) is 93.5 cm³/mol. The number of carbonyl (C=O) groups is 1. The summed E-state index contributed by atoms with van der Waals surface area (Å²) >= 11 is 0. The van der Waals surface area contributed by atoms with Crippen molar-refractivity contribution >= 4 is 5.78 Å². The summed E-state index contributed by atoms with van der Waals surface area (Å²) in [5, 5.41) is 0. The van der Waals surface area contributed by atoms with Gasteiger partial charge in [-0.1, -0.05) is 87.4 Å². The number of Topliss-reactive ketones (excluding diaryl/α,β-unsaturated/α-hetero) is 1. The molecular weight excluding hydrogens is 268 g/mol. The van der Waals surface area contributed by atoms with Gasteiger partial charge in [0.25, 0.3) is 0 Å². The Balaban J connectivity index is 2.43. The van der Waals surface area contributed by atoms with Gasteiger partial charge in [0.2, 0.25) is 0 Å². The summed E-state index contributed by atoms with van der Waals surface area (Å²) in [5.41, 5.74) is 3.66. The molecule has 2 aromatic rings. The summed E-state index contributed by atoms with van der Waals surface area (Å²) < 4.78 is 0. The number of hydrogen-bond acceptors (Lipinski definition) is 1. The van der Waals surface area contributed by atoms with Crippen molar-refractivity contribution in [2.24, 2.45) is 5.41 Å². The maximum Gasteiger partial charge on any atom is 0.169 e. The van der Waals surface area contributed by atoms with Crippen LogP contribution in [0, 0.1) is 19.3 Å². The third kappa shape index (κ3) is 2.85. The highest BCUT2D eigenvalue weighted by molar-refractivity contribution is 6.01. The van der Waals surface area contributed by atoms with Crippen molar-refractivity contribution in [1.82, 2.24) is 0 Å². The van der Waals surface area contributed by atoms with Crippen molar-refractivity contribution in [3.63, 3.8) is 0 Å². The van der Waals surface area contributed by atoms with Gasteiger partial charge in [-0.3, -0.25) is 4.79 Å². The first kappa shape index (κ1) is 16.5. The van der Waals surface area contributed by atoms with Crippen LogP contribution in [-0.4, -0.2) is 5.78 Å². The van der Waals surface area contributed by atoms with E-state index >= 15 is 0 Å². The van der Waals surface area contributed by atoms with E-state index in [1.807, 2.05) is 31.2 Å². The molecule has 2 rings (SSSR count). The van der Waals surface area contributed by atoms with E-state index in [1.54, 1.807) is 0 Å². The van der Waals surface area contributed by atoms with E-state index in [4.69, 9.17) is 0 Å². The SMILES string of the molecule is Cc1ccc(C(=O)C(C)(C)C(C)(C)c2cccc(C)c2)cc1. The fourth-order valence-corrected chi connectivity index (χ4v) is 2.74. The summed E-state index contributed by atoms with van der Waals surface area (Å²) in [5.74, 6) is 0.194. The third-order valence-corrected chi connectivity index (χ3v) is 5.18. The highest BCUT2D eigenvalue weighted by atomic mass is 16.1. The summed E-state index contributed by atoms with van der Waals surface area (Å²) in [6.45, 7) is 12.6. The molecule has 116 valence electrons. The number of hydrogen-bond donors (Lipinski definition) is 0. The van der Waals surface area contributed by atoms with Crippen molar-refractivity contribution < 1.29 is 4.79 Å². The molecule has 22 heavy (non-hydrogen) atoms. The fourth-order valence-electron chi connectivity index (χ4n) is 2.74. The Morgan fingerprint density at radius 3 is 1.95 bits per heavy atom. The molecule has 0 aliphatic heterocycles. The quantitative estimate of drug-likeness (QED) is 0.681. The second kappa shape index (κ2) is 5.72. The molecule has 0 atom stereocenters. The van der Waals surface area contributed by atoms with Crippen LogP contribution in [0.25, 0.3) is 0 Å². The van der Waals surface area contributed by atoms with Crippen molar-refractivity contribution in [2.75, 3.05) is 0 Å². The zero-order valence-corrected chi connectivity index (χ0v) is 14.5. The van der Waals surface area contributed by atoms with Crippen LogP contribution >= 0.6 is 0 Å². The molecule has 0 fully saturated rings. The van der Waals surface area contributed by atoms with Gasteiger partial charge < -0.3 is 0 Å². The predicted octanol–water partition coefficient (Wildman–Crippen LogP) is 5.49. The van der Waals surface area contributed by atoms with Crippen LogP contribution in [0.1, 0.15) is 54.7 Å². The topological polar surface area (TPSA) is 17.1 Å². The molecule has 2 aromatic carbocycles. The summed E-state index contributed by atoms with van der Waals surface area (Å²) in [6, 6.07) is 16.3. The van der Waals surface area contributed by atoms with E-state index in [2.05, 4.69) is 58.9 Å². The Bertz CT molecular complexity index is 675. The van der Waals surface area contributed by atoms with Crippen LogP contribution in [0.5, 0.6) is 0 Å². The molecule has 0 amide bonds. The molecule has 0 aliphatic carbocycles. The van der Waals surface area contributed by atoms with Crippen LogP contribution < -0.4 is 0 Å². The maximum absolute atomic E-state index is 13.1. The molecule has 0 aliphatic rings. The third-order valence-electron chi connectivity index (χ3n) is 5.18. The van der Waals surface area contributed by atoms with Gasteiger partial charge in [0.15, 0.2) is 5.78 Å². The molecule has 1 nitrogen and oxygen atoms in total. The standard InChI is InChI=1S/C21H26O/c1-15-10-12-17(13-11-15)19(22)21(5,6)20(3,4)18-9-7-8-16(2)14-18/h7-14H,1-6H3. The van der Waals surface area contributed by atoms with E-state index < -0.39 is 5.41 Å². The molecule has 0 saturated carbocycles. The second-order valence-corrected chi connectivity index (χ2v) is 7.31. The molecule has 0 aromatic heterocycles. The van der Waals surface area contributed by atoms with E-state index in [0.717, 1.165) is 5.56 Å². The van der Waals surface area contributed by atoms with Crippen molar-refractivity contribution in [2.45, 2.75) is 47.0 Å². The Morgan fingerprint density at radius 2 is 1.41 bits per heavy atom. The lowest BCUT2D eigenvalue weighted by atomic mass is 9.61. The lowest BCUT2D eigenvalue weighted by molar-refractivity contribution is 0.0724. The highest BCUT2D eigenvalue weighted by Crippen LogP contribution is 2.43. The van der Waals surface area contributed by atoms with Gasteiger partial charge in [-0.2, -0.15) is 0 Å². The Kier molecular flexibility index (Phi) is 4.28. The normalized spacial score (nSPS) is 12.3. The van der Waals surface area contributed by atoms with Crippen LogP contribution in [0.4, 0.5) is 0 Å². The first-order chi connectivity index (χ1) is 10.2. The zero-order valence-electron chi connectivity index (χ0n) is 14.5. The molecule has 0 N–H and O–H groups in total. The van der Waals surface area contributed by atoms with Gasteiger partial charge in [-0.25, -0.2) is 0 Å². The van der Waals surface area contributed by atoms with Crippen LogP contribution in [0.15, 0.2) is 48.5 Å². The minimum atomic E-state index is -0.490. The van der Waals surface area contributed by atoms with Crippen LogP contribution in [-0.2, 0) is 5.41 Å². The average molecular weight is 294 g/mol. The first-order valence-corrected chi connectivity index (χ1v) is 7.85. The number of aryl methyl sites for hydroxylation is 2. The molecule has 0 radical (unpaired) electrons. The maximum atomic E-state index is 13.1. The Morgan fingerprint density at radius 1 is 0.818 bits per heavy atom. The van der Waals surface area contributed by atoms with E-state index in [-0.39, 0.29) is 11.2 Å². The number of carbonyl (C=O) groups excluding carboxylic acids is 1. The van der Waals surface area contributed by atoms with E-state index in [0.29, 0.717) is 0 Å². The van der Waals surface area contributed by atoms with Gasteiger partial charge in [0.05, 0.1) is 0 Å². The second-order valence-electron chi connectivity index (χ2n) is 7.31. The summed E-state index contributed by atoms with van der Waals surface area (Å²) in [6.07, 6.45) is 0. The van der Waals surface area contributed by atoms with Gasteiger partial charge in [-0.15, -0.1) is 0 Å². The Labute approximate surface area is 134 Å². The molecule has 0 unspecified atom stereocenters. The van der Waals surface area contributed by atoms with Crippen molar-refractivity contribution in [3.8, 4) is 0 Å². The lowest BCUT2D eigenvalue weighted by Gasteiger charge is -2.41. The smallest absolute Gasteiger partial charge is 0.169 e. The van der Waals surface area contributed by atoms with Gasteiger partial charge in [0, 0.05) is 16.4 Å². The molecule has 0 bridgehead atoms. The van der Waals surface area contributed by atoms with Crippen molar-refractivity contribution in [3.05, 3.63) is 70.8 Å². The van der Waals surface area contributed by atoms with Gasteiger partial charge in [-0.05, 0) is 19.4 Å². The summed E-state index contributed by atoms with van der Waals surface area (Å²) in [4.78, 5) is 13.1. The number of benzene rings is 2. The average Bonchev–Trinajstić information content (AvgIpc) is 2.47. The number of ketones is 1. The minimum absolute atomic E-state index is 0.194. The van der Waals surface area contributed by atoms with Crippen LogP contribution in [0.3, 0.4) is 0 Å². The fraction of sp³-hybridized carbons (Fsp3) is 0.381. The van der Waals surface area contributed by atoms with Crippen LogP contribution in [0.2, 0.25) is 0 Å². The molecule has 0 saturated heterocycles. The molecular formula is C21H26O. The van der Waals surface area contributed by atoms with Gasteiger partial charge in [0.1, 0.15) is 0 Å². The minimum Gasteiger partial charge on any atom is -0.294 e. The molecule has 0 heterocycles. The Hall–Kier alpha value is -1.89. The molecule has 0 spiro atoms. The largest absolute Gasteiger partial charge is 0.294 e. The number of rotatable bonds is 4. The zero-order chi connectivity index (χ0) is 16.5. The van der Waals surface area contributed by atoms with E-state index in [9.17, 15) is 4.79 Å². The van der Waals surface area contributed by atoms with Crippen molar-refractivity contribution in [1.29, 1.82) is 0 Å². The highest BCUT2D eigenvalue weighted by Gasteiger charge is 2.44. The lowest BCUT2D eigenvalue weighted by Crippen LogP contribution is -2.43.